The Balaban J connectivity index is 0.959. The second kappa shape index (κ2) is 13.2. The fourth-order valence-electron chi connectivity index (χ4n) is 6.39. The molecule has 2 aromatic carbocycles. The number of anilines is 1. The van der Waals surface area contributed by atoms with Crippen LogP contribution in [0, 0.1) is 0 Å². The maximum atomic E-state index is 13.8. The van der Waals surface area contributed by atoms with Crippen molar-refractivity contribution in [2.45, 2.75) is 17.6 Å². The molecule has 12 nitrogen and oxygen atoms in total. The summed E-state index contributed by atoms with van der Waals surface area (Å²) in [5.41, 5.74) is 6.51. The first-order valence-electron chi connectivity index (χ1n) is 15.8. The number of hydrogen-bond acceptors (Lipinski definition) is 9. The molecule has 1 atom stereocenters. The molecular formula is C35H37N9O3S. The van der Waals surface area contributed by atoms with Gasteiger partial charge in [-0.25, -0.2) is 9.97 Å². The standard InChI is InChI=1S/C35H37N9O3S/c1-42-22-37-33(41-42)25-6-4-23(5-7-25)24-12-15-44(16-13-24)31(45)20-43-17-14-35(21-43,48-3)34(46)38-27-9-10-29-28(18-27)32(40-39-29)26-8-11-30(47-2)36-19-26/h4-12,18-19,22H,13-17,20-21H2,1-3H3,(H,38,46)(H,39,40)/t35-/m0/s1. The second-order valence-electron chi connectivity index (χ2n) is 12.2. The van der Waals surface area contributed by atoms with Crippen LogP contribution >= 0.6 is 11.8 Å². The third-order valence-corrected chi connectivity index (χ3v) is 10.5. The Morgan fingerprint density at radius 3 is 2.54 bits per heavy atom. The highest BCUT2D eigenvalue weighted by molar-refractivity contribution is 8.00. The molecule has 3 aromatic heterocycles. The molecule has 5 heterocycles. The third kappa shape index (κ3) is 6.30. The fraction of sp³-hybridized carbons (Fsp3) is 0.314. The Hall–Kier alpha value is -5.01. The van der Waals surface area contributed by atoms with E-state index < -0.39 is 4.75 Å². The minimum absolute atomic E-state index is 0.0594. The van der Waals surface area contributed by atoms with Crippen LogP contribution in [0.25, 0.3) is 39.1 Å². The number of ether oxygens (including phenoxy) is 1. The number of amides is 2. The van der Waals surface area contributed by atoms with Crippen LogP contribution in [0.3, 0.4) is 0 Å². The van der Waals surface area contributed by atoms with Gasteiger partial charge >= 0.3 is 0 Å². The largest absolute Gasteiger partial charge is 0.481 e. The number of benzene rings is 2. The molecule has 7 rings (SSSR count). The van der Waals surface area contributed by atoms with E-state index in [4.69, 9.17) is 4.74 Å². The van der Waals surface area contributed by atoms with Gasteiger partial charge in [-0.3, -0.25) is 24.3 Å². The molecule has 2 aliphatic heterocycles. The van der Waals surface area contributed by atoms with Crippen LogP contribution in [-0.4, -0.2) is 102 Å². The molecule has 0 unspecified atom stereocenters. The first kappa shape index (κ1) is 31.6. The van der Waals surface area contributed by atoms with E-state index in [0.29, 0.717) is 56.5 Å². The van der Waals surface area contributed by atoms with Gasteiger partial charge in [0, 0.05) is 67.7 Å². The summed E-state index contributed by atoms with van der Waals surface area (Å²) in [4.78, 5) is 39.8. The van der Waals surface area contributed by atoms with Crippen LogP contribution in [0.2, 0.25) is 0 Å². The summed E-state index contributed by atoms with van der Waals surface area (Å²) in [7, 11) is 3.43. The van der Waals surface area contributed by atoms with Crippen molar-refractivity contribution in [1.29, 1.82) is 0 Å². The molecule has 0 radical (unpaired) electrons. The Labute approximate surface area is 282 Å². The summed E-state index contributed by atoms with van der Waals surface area (Å²) in [5, 5.41) is 16.0. The lowest BCUT2D eigenvalue weighted by atomic mass is 9.98. The Morgan fingerprint density at radius 1 is 1.04 bits per heavy atom. The number of pyridine rings is 1. The molecule has 0 saturated carbocycles. The molecule has 1 fully saturated rings. The molecule has 246 valence electrons. The number of nitrogens with zero attached hydrogens (tertiary/aromatic N) is 7. The van der Waals surface area contributed by atoms with Crippen molar-refractivity contribution in [3.63, 3.8) is 0 Å². The fourth-order valence-corrected chi connectivity index (χ4v) is 7.23. The molecule has 0 aliphatic carbocycles. The molecule has 13 heteroatoms. The molecule has 5 aromatic rings. The molecular weight excluding hydrogens is 627 g/mol. The number of methoxy groups -OCH3 is 1. The number of aromatic amines is 1. The molecule has 48 heavy (non-hydrogen) atoms. The van der Waals surface area contributed by atoms with Crippen LogP contribution in [0.1, 0.15) is 18.4 Å². The van der Waals surface area contributed by atoms with Crippen molar-refractivity contribution in [1.82, 2.24) is 39.7 Å². The Bertz CT molecular complexity index is 1990. The predicted molar refractivity (Wildman–Crippen MR) is 187 cm³/mol. The van der Waals surface area contributed by atoms with E-state index in [2.05, 4.69) is 53.7 Å². The number of aromatic nitrogens is 6. The normalized spacial score (nSPS) is 18.2. The van der Waals surface area contributed by atoms with Gasteiger partial charge in [-0.2, -0.15) is 10.2 Å². The van der Waals surface area contributed by atoms with Gasteiger partial charge in [0.05, 0.1) is 19.2 Å². The minimum atomic E-state index is -0.652. The first-order chi connectivity index (χ1) is 23.3. The van der Waals surface area contributed by atoms with Crippen LogP contribution < -0.4 is 10.1 Å². The minimum Gasteiger partial charge on any atom is -0.481 e. The van der Waals surface area contributed by atoms with Gasteiger partial charge in [-0.1, -0.05) is 30.3 Å². The van der Waals surface area contributed by atoms with Crippen molar-refractivity contribution < 1.29 is 14.3 Å². The number of H-pyrrole nitrogens is 1. The van der Waals surface area contributed by atoms with E-state index >= 15 is 0 Å². The summed E-state index contributed by atoms with van der Waals surface area (Å²) in [6.07, 6.45) is 8.98. The van der Waals surface area contributed by atoms with E-state index in [9.17, 15) is 9.59 Å². The maximum absolute atomic E-state index is 13.8. The summed E-state index contributed by atoms with van der Waals surface area (Å²) < 4.78 is 6.22. The van der Waals surface area contributed by atoms with E-state index in [0.717, 1.165) is 39.7 Å². The number of carbonyl (C=O) groups is 2. The zero-order valence-electron chi connectivity index (χ0n) is 27.1. The number of carbonyl (C=O) groups excluding carboxylic acids is 2. The van der Waals surface area contributed by atoms with Crippen molar-refractivity contribution in [3.05, 3.63) is 78.8 Å². The monoisotopic (exact) mass is 663 g/mol. The highest BCUT2D eigenvalue weighted by Crippen LogP contribution is 2.36. The number of hydrogen-bond donors (Lipinski definition) is 2. The van der Waals surface area contributed by atoms with Gasteiger partial charge in [0.2, 0.25) is 17.7 Å². The summed E-state index contributed by atoms with van der Waals surface area (Å²) in [5.74, 6) is 1.26. The van der Waals surface area contributed by atoms with Gasteiger partial charge in [0.1, 0.15) is 16.8 Å². The summed E-state index contributed by atoms with van der Waals surface area (Å²) in [6, 6.07) is 17.7. The van der Waals surface area contributed by atoms with Crippen molar-refractivity contribution in [3.8, 4) is 28.5 Å². The van der Waals surface area contributed by atoms with E-state index in [1.165, 1.54) is 5.57 Å². The lowest BCUT2D eigenvalue weighted by Crippen LogP contribution is -2.45. The van der Waals surface area contributed by atoms with E-state index in [-0.39, 0.29) is 11.8 Å². The average Bonchev–Trinajstić information content (AvgIpc) is 3.87. The molecule has 0 spiro atoms. The third-order valence-electron chi connectivity index (χ3n) is 9.19. The number of likely N-dealkylation sites (tertiary alicyclic amines) is 1. The Morgan fingerprint density at radius 2 is 1.85 bits per heavy atom. The average molecular weight is 664 g/mol. The molecule has 0 bridgehead atoms. The van der Waals surface area contributed by atoms with Crippen molar-refractivity contribution in [2.24, 2.45) is 7.05 Å². The molecule has 2 aliphatic rings. The summed E-state index contributed by atoms with van der Waals surface area (Å²) >= 11 is 1.55. The Kier molecular flexibility index (Phi) is 8.71. The van der Waals surface area contributed by atoms with Crippen LogP contribution in [-0.2, 0) is 16.6 Å². The first-order valence-corrected chi connectivity index (χ1v) is 17.1. The smallest absolute Gasteiger partial charge is 0.241 e. The van der Waals surface area contributed by atoms with Crippen LogP contribution in [0.5, 0.6) is 5.88 Å². The number of thioether (sulfide) groups is 1. The van der Waals surface area contributed by atoms with Gasteiger partial charge in [0.25, 0.3) is 0 Å². The van der Waals surface area contributed by atoms with Gasteiger partial charge < -0.3 is 15.0 Å². The summed E-state index contributed by atoms with van der Waals surface area (Å²) in [6.45, 7) is 2.73. The molecule has 2 amide bonds. The van der Waals surface area contributed by atoms with Gasteiger partial charge in [-0.15, -0.1) is 11.8 Å². The maximum Gasteiger partial charge on any atom is 0.241 e. The molecule has 2 N–H and O–H groups in total. The van der Waals surface area contributed by atoms with E-state index in [1.807, 2.05) is 54.6 Å². The number of aryl methyl sites for hydroxylation is 1. The van der Waals surface area contributed by atoms with Crippen LogP contribution in [0.15, 0.2) is 73.2 Å². The highest BCUT2D eigenvalue weighted by atomic mass is 32.2. The van der Waals surface area contributed by atoms with Gasteiger partial charge in [-0.05, 0) is 54.5 Å². The number of rotatable bonds is 9. The lowest BCUT2D eigenvalue weighted by molar-refractivity contribution is -0.132. The van der Waals surface area contributed by atoms with Crippen molar-refractivity contribution in [2.75, 3.05) is 51.4 Å². The lowest BCUT2D eigenvalue weighted by Gasteiger charge is -2.29. The zero-order chi connectivity index (χ0) is 33.3. The predicted octanol–water partition coefficient (Wildman–Crippen LogP) is 4.49. The van der Waals surface area contributed by atoms with E-state index in [1.54, 1.807) is 42.1 Å². The SMILES string of the molecule is COc1ccc(-c2n[nH]c3ccc(NC(=O)[C@]4(SC)CCN(CC(=O)N5CC=C(c6ccc(-c7ncn(C)n7)cc6)CC5)C4)cc23)cn1. The zero-order valence-corrected chi connectivity index (χ0v) is 28.0. The van der Waals surface area contributed by atoms with Crippen molar-refractivity contribution >= 4 is 45.7 Å². The number of fused-ring (bicyclic) bond motifs is 1. The number of nitrogens with one attached hydrogen (secondary N) is 2. The van der Waals surface area contributed by atoms with Crippen LogP contribution in [0.4, 0.5) is 5.69 Å². The van der Waals surface area contributed by atoms with Gasteiger partial charge in [0.15, 0.2) is 5.82 Å². The quantitative estimate of drug-likeness (QED) is 0.234. The second-order valence-corrected chi connectivity index (χ2v) is 13.4. The molecule has 1 saturated heterocycles. The topological polar surface area (TPSA) is 134 Å². The highest BCUT2D eigenvalue weighted by Gasteiger charge is 2.44.